The van der Waals surface area contributed by atoms with Crippen LogP contribution >= 0.6 is 0 Å². The molecule has 0 radical (unpaired) electrons. The lowest BCUT2D eigenvalue weighted by molar-refractivity contribution is 0.411. The first-order valence-corrected chi connectivity index (χ1v) is 7.64. The van der Waals surface area contributed by atoms with E-state index in [9.17, 15) is 14.3 Å². The quantitative estimate of drug-likeness (QED) is 0.770. The number of aromatic nitrogens is 3. The zero-order valence-corrected chi connectivity index (χ0v) is 13.7. The van der Waals surface area contributed by atoms with Crippen LogP contribution in [0.3, 0.4) is 0 Å². The highest BCUT2D eigenvalue weighted by Gasteiger charge is 2.20. The molecule has 0 amide bonds. The van der Waals surface area contributed by atoms with E-state index >= 15 is 0 Å². The molecule has 24 heavy (non-hydrogen) atoms. The van der Waals surface area contributed by atoms with Crippen LogP contribution in [0.4, 0.5) is 4.39 Å². The molecule has 2 N–H and O–H groups in total. The van der Waals surface area contributed by atoms with Gasteiger partial charge in [-0.05, 0) is 25.5 Å². The molecule has 0 bridgehead atoms. The van der Waals surface area contributed by atoms with Crippen molar-refractivity contribution in [2.75, 3.05) is 7.11 Å². The van der Waals surface area contributed by atoms with Crippen LogP contribution in [-0.4, -0.2) is 27.0 Å². The number of fused-ring (bicyclic) bond motifs is 1. The number of rotatable bonds is 4. The molecule has 7 heteroatoms. The van der Waals surface area contributed by atoms with Crippen LogP contribution in [0, 0.1) is 12.7 Å². The Morgan fingerprint density at radius 3 is 2.79 bits per heavy atom. The summed E-state index contributed by atoms with van der Waals surface area (Å²) in [6.07, 6.45) is 0.825. The van der Waals surface area contributed by atoms with Crippen LogP contribution in [0.1, 0.15) is 19.0 Å². The van der Waals surface area contributed by atoms with Crippen LogP contribution in [-0.2, 0) is 6.54 Å². The normalized spacial score (nSPS) is 11.2. The van der Waals surface area contributed by atoms with Crippen LogP contribution < -0.4 is 10.2 Å². The van der Waals surface area contributed by atoms with Crippen molar-refractivity contribution in [1.29, 1.82) is 0 Å². The van der Waals surface area contributed by atoms with Gasteiger partial charge >= 0.3 is 0 Å². The minimum absolute atomic E-state index is 0.0323. The molecule has 3 aromatic rings. The number of aromatic amines is 1. The Hall–Kier alpha value is -2.83. The SMILES string of the molecule is CCCn1nc(C)c2c(=O)c(O)c(-c3ccc(OC)cc3F)[nH]c21. The second-order valence-corrected chi connectivity index (χ2v) is 5.56. The first-order chi connectivity index (χ1) is 11.5. The first-order valence-electron chi connectivity index (χ1n) is 7.64. The van der Waals surface area contributed by atoms with E-state index < -0.39 is 17.0 Å². The highest BCUT2D eigenvalue weighted by atomic mass is 19.1. The fourth-order valence-electron chi connectivity index (χ4n) is 2.78. The number of aromatic hydroxyl groups is 1. The third-order valence-corrected chi connectivity index (χ3v) is 3.93. The van der Waals surface area contributed by atoms with Gasteiger partial charge in [0.1, 0.15) is 17.2 Å². The molecule has 0 fully saturated rings. The number of ether oxygens (including phenoxy) is 1. The van der Waals surface area contributed by atoms with Gasteiger partial charge in [-0.3, -0.25) is 4.79 Å². The number of nitrogens with zero attached hydrogens (tertiary/aromatic N) is 2. The maximum Gasteiger partial charge on any atom is 0.235 e. The van der Waals surface area contributed by atoms with Gasteiger partial charge in [-0.2, -0.15) is 5.10 Å². The number of nitrogens with one attached hydrogen (secondary N) is 1. The molecule has 0 unspecified atom stereocenters. The molecule has 6 nitrogen and oxygen atoms in total. The van der Waals surface area contributed by atoms with Gasteiger partial charge in [0.25, 0.3) is 0 Å². The number of H-pyrrole nitrogens is 1. The molecular formula is C17H18FN3O3. The Balaban J connectivity index is 2.31. The van der Waals surface area contributed by atoms with E-state index in [-0.39, 0.29) is 11.3 Å². The fraction of sp³-hybridized carbons (Fsp3) is 0.294. The minimum atomic E-state index is -0.599. The predicted octanol–water partition coefficient (Wildman–Crippen LogP) is 2.96. The summed E-state index contributed by atoms with van der Waals surface area (Å²) in [7, 11) is 1.44. The van der Waals surface area contributed by atoms with Crippen molar-refractivity contribution in [2.45, 2.75) is 26.8 Å². The second kappa shape index (κ2) is 5.99. The lowest BCUT2D eigenvalue weighted by atomic mass is 10.1. The molecule has 126 valence electrons. The van der Waals surface area contributed by atoms with Crippen LogP contribution in [0.5, 0.6) is 11.5 Å². The monoisotopic (exact) mass is 331 g/mol. The molecule has 0 aliphatic rings. The van der Waals surface area contributed by atoms with Crippen molar-refractivity contribution >= 4 is 11.0 Å². The predicted molar refractivity (Wildman–Crippen MR) is 89.0 cm³/mol. The Labute approximate surface area is 137 Å². The van der Waals surface area contributed by atoms with E-state index in [0.29, 0.717) is 29.0 Å². The summed E-state index contributed by atoms with van der Waals surface area (Å²) < 4.78 is 21.0. The molecule has 2 heterocycles. The molecule has 2 aromatic heterocycles. The maximum absolute atomic E-state index is 14.4. The zero-order chi connectivity index (χ0) is 17.4. The van der Waals surface area contributed by atoms with Gasteiger partial charge in [-0.1, -0.05) is 6.92 Å². The third-order valence-electron chi connectivity index (χ3n) is 3.93. The average Bonchev–Trinajstić information content (AvgIpc) is 2.87. The summed E-state index contributed by atoms with van der Waals surface area (Å²) in [5, 5.41) is 14.9. The lowest BCUT2D eigenvalue weighted by Crippen LogP contribution is -2.07. The summed E-state index contributed by atoms with van der Waals surface area (Å²) in [5.41, 5.74) is 0.562. The Kier molecular flexibility index (Phi) is 4.01. The van der Waals surface area contributed by atoms with Crippen molar-refractivity contribution in [3.63, 3.8) is 0 Å². The van der Waals surface area contributed by atoms with Gasteiger partial charge in [-0.25, -0.2) is 9.07 Å². The van der Waals surface area contributed by atoms with Gasteiger partial charge < -0.3 is 14.8 Å². The van der Waals surface area contributed by atoms with Gasteiger partial charge in [0.2, 0.25) is 5.43 Å². The molecule has 0 atom stereocenters. The summed E-state index contributed by atoms with van der Waals surface area (Å²) in [5.74, 6) is -0.769. The largest absolute Gasteiger partial charge is 0.503 e. The number of halogens is 1. The van der Waals surface area contributed by atoms with E-state index in [1.807, 2.05) is 6.92 Å². The average molecular weight is 331 g/mol. The zero-order valence-electron chi connectivity index (χ0n) is 13.7. The van der Waals surface area contributed by atoms with E-state index in [4.69, 9.17) is 4.74 Å². The molecule has 0 saturated heterocycles. The fourth-order valence-corrected chi connectivity index (χ4v) is 2.78. The van der Waals surface area contributed by atoms with E-state index in [1.165, 1.54) is 19.2 Å². The number of methoxy groups -OCH3 is 1. The highest BCUT2D eigenvalue weighted by molar-refractivity contribution is 5.84. The standard InChI is InChI=1S/C17H18FN3O3/c1-4-7-21-17-13(9(2)20-21)15(22)16(23)14(19-17)11-6-5-10(24-3)8-12(11)18/h5-6,8,23H,4,7H2,1-3H3,(H,19,22). The number of benzene rings is 1. The Morgan fingerprint density at radius 1 is 1.42 bits per heavy atom. The Morgan fingerprint density at radius 2 is 2.17 bits per heavy atom. The van der Waals surface area contributed by atoms with E-state index in [0.717, 1.165) is 6.42 Å². The summed E-state index contributed by atoms with van der Waals surface area (Å²) in [6, 6.07) is 4.22. The first kappa shape index (κ1) is 16.0. The number of aryl methyl sites for hydroxylation is 2. The van der Waals surface area contributed by atoms with Crippen molar-refractivity contribution in [1.82, 2.24) is 14.8 Å². The highest BCUT2D eigenvalue weighted by Crippen LogP contribution is 2.31. The van der Waals surface area contributed by atoms with Crippen molar-refractivity contribution in [3.8, 4) is 22.8 Å². The summed E-state index contributed by atoms with van der Waals surface area (Å²) >= 11 is 0. The second-order valence-electron chi connectivity index (χ2n) is 5.56. The minimum Gasteiger partial charge on any atom is -0.503 e. The molecule has 0 aliphatic heterocycles. The molecule has 0 saturated carbocycles. The topological polar surface area (TPSA) is 80.1 Å². The molecular weight excluding hydrogens is 313 g/mol. The number of hydrogen-bond donors (Lipinski definition) is 2. The van der Waals surface area contributed by atoms with Gasteiger partial charge in [0.05, 0.1) is 23.9 Å². The third kappa shape index (κ3) is 2.42. The van der Waals surface area contributed by atoms with Gasteiger partial charge in [0, 0.05) is 18.2 Å². The summed E-state index contributed by atoms with van der Waals surface area (Å²) in [4.78, 5) is 15.5. The molecule has 3 rings (SSSR count). The van der Waals surface area contributed by atoms with Crippen LogP contribution in [0.2, 0.25) is 0 Å². The van der Waals surface area contributed by atoms with Gasteiger partial charge in [-0.15, -0.1) is 0 Å². The molecule has 1 aromatic carbocycles. The Bertz CT molecular complexity index is 975. The summed E-state index contributed by atoms with van der Waals surface area (Å²) in [6.45, 7) is 4.30. The molecule has 0 aliphatic carbocycles. The van der Waals surface area contributed by atoms with Crippen molar-refractivity contribution in [2.24, 2.45) is 0 Å². The maximum atomic E-state index is 14.4. The van der Waals surface area contributed by atoms with Crippen molar-refractivity contribution in [3.05, 3.63) is 39.9 Å². The number of pyridine rings is 1. The number of hydrogen-bond acceptors (Lipinski definition) is 4. The molecule has 0 spiro atoms. The van der Waals surface area contributed by atoms with Gasteiger partial charge in [0.15, 0.2) is 5.75 Å². The lowest BCUT2D eigenvalue weighted by Gasteiger charge is -2.09. The van der Waals surface area contributed by atoms with E-state index in [2.05, 4.69) is 10.1 Å². The van der Waals surface area contributed by atoms with Crippen LogP contribution in [0.15, 0.2) is 23.0 Å². The smallest absolute Gasteiger partial charge is 0.235 e. The van der Waals surface area contributed by atoms with E-state index in [1.54, 1.807) is 17.7 Å². The van der Waals surface area contributed by atoms with Crippen LogP contribution in [0.25, 0.3) is 22.3 Å². The van der Waals surface area contributed by atoms with Crippen molar-refractivity contribution < 1.29 is 14.2 Å².